The minimum absolute atomic E-state index is 0.0173. The summed E-state index contributed by atoms with van der Waals surface area (Å²) in [6, 6.07) is 3.12. The summed E-state index contributed by atoms with van der Waals surface area (Å²) in [6.07, 6.45) is 0.188. The van der Waals surface area contributed by atoms with E-state index in [0.717, 1.165) is 6.08 Å². The third-order valence-electron chi connectivity index (χ3n) is 10.1. The first-order valence-electron chi connectivity index (χ1n) is 13.5. The topological polar surface area (TPSA) is 140 Å². The summed E-state index contributed by atoms with van der Waals surface area (Å²) >= 11 is 0. The summed E-state index contributed by atoms with van der Waals surface area (Å²) in [7, 11) is 0. The van der Waals surface area contributed by atoms with E-state index in [2.05, 4.69) is 5.16 Å². The molecule has 214 valence electrons. The zero-order valence-electron chi connectivity index (χ0n) is 22.8. The maximum absolute atomic E-state index is 17.5. The van der Waals surface area contributed by atoms with Crippen LogP contribution in [0.5, 0.6) is 0 Å². The molecule has 3 fully saturated rings. The molecule has 5 rings (SSSR count). The van der Waals surface area contributed by atoms with Crippen LogP contribution >= 0.6 is 0 Å². The van der Waals surface area contributed by atoms with E-state index >= 15 is 8.78 Å². The molecule has 11 heteroatoms. The van der Waals surface area contributed by atoms with Gasteiger partial charge in [0.2, 0.25) is 5.60 Å². The number of carbonyl (C=O) groups excluding carboxylic acids is 3. The largest absolute Gasteiger partial charge is 0.447 e. The van der Waals surface area contributed by atoms with E-state index in [1.54, 1.807) is 26.8 Å². The summed E-state index contributed by atoms with van der Waals surface area (Å²) in [5.74, 6) is -4.59. The van der Waals surface area contributed by atoms with Crippen molar-refractivity contribution in [2.45, 2.75) is 76.9 Å². The number of carbonyl (C=O) groups is 3. The van der Waals surface area contributed by atoms with Crippen LogP contribution in [0.15, 0.2) is 34.4 Å². The summed E-state index contributed by atoms with van der Waals surface area (Å²) in [6.45, 7) is 5.93. The van der Waals surface area contributed by atoms with Gasteiger partial charge in [-0.3, -0.25) is 4.79 Å². The van der Waals surface area contributed by atoms with Crippen LogP contribution in [0.1, 0.15) is 63.2 Å². The number of ether oxygens (including phenoxy) is 2. The predicted molar refractivity (Wildman–Crippen MR) is 134 cm³/mol. The van der Waals surface area contributed by atoms with E-state index in [1.165, 1.54) is 25.1 Å². The Morgan fingerprint density at radius 3 is 2.67 bits per heavy atom. The Morgan fingerprint density at radius 1 is 1.30 bits per heavy atom. The molecule has 1 aromatic heterocycles. The first-order chi connectivity index (χ1) is 18.8. The van der Waals surface area contributed by atoms with Crippen LogP contribution in [0.4, 0.5) is 8.78 Å². The van der Waals surface area contributed by atoms with Crippen LogP contribution in [-0.4, -0.2) is 58.1 Å². The Labute approximate surface area is 230 Å². The fourth-order valence-corrected chi connectivity index (χ4v) is 8.20. The fraction of sp³-hybridized carbons (Fsp3) is 0.621. The molecule has 4 aliphatic carbocycles. The van der Waals surface area contributed by atoms with Crippen LogP contribution in [-0.2, 0) is 25.5 Å². The number of aliphatic hydroxyl groups is 1. The molecule has 0 unspecified atom stereocenters. The Hall–Kier alpha value is -3.39. The van der Waals surface area contributed by atoms with Crippen molar-refractivity contribution in [2.75, 3.05) is 6.61 Å². The van der Waals surface area contributed by atoms with Gasteiger partial charge in [0.1, 0.15) is 18.0 Å². The number of hydrogen-bond donors (Lipinski definition) is 1. The molecule has 0 saturated heterocycles. The Kier molecular flexibility index (Phi) is 6.57. The van der Waals surface area contributed by atoms with E-state index in [9.17, 15) is 19.5 Å². The molecular weight excluding hydrogens is 526 g/mol. The number of halogens is 2. The number of nitrogens with zero attached hydrogens (tertiary/aromatic N) is 2. The van der Waals surface area contributed by atoms with Crippen molar-refractivity contribution >= 4 is 17.7 Å². The van der Waals surface area contributed by atoms with Gasteiger partial charge >= 0.3 is 11.9 Å². The van der Waals surface area contributed by atoms with Gasteiger partial charge in [0.05, 0.1) is 6.10 Å². The molecule has 0 bridgehead atoms. The lowest BCUT2D eigenvalue weighted by Gasteiger charge is -2.63. The van der Waals surface area contributed by atoms with Gasteiger partial charge in [-0.05, 0) is 49.8 Å². The van der Waals surface area contributed by atoms with Gasteiger partial charge in [-0.2, -0.15) is 5.26 Å². The highest BCUT2D eigenvalue weighted by atomic mass is 19.1. The Balaban J connectivity index is 1.62. The number of aromatic nitrogens is 1. The lowest BCUT2D eigenvalue weighted by Crippen LogP contribution is -2.71. The molecule has 1 aromatic rings. The molecule has 1 heterocycles. The number of hydrogen-bond acceptors (Lipinski definition) is 9. The van der Waals surface area contributed by atoms with E-state index < -0.39 is 76.5 Å². The second-order valence-electron chi connectivity index (χ2n) is 11.9. The van der Waals surface area contributed by atoms with Crippen molar-refractivity contribution in [2.24, 2.45) is 28.6 Å². The number of allylic oxidation sites excluding steroid dienone is 4. The number of aliphatic hydroxyl groups excluding tert-OH is 1. The number of rotatable bonds is 5. The first-order valence-corrected chi connectivity index (χ1v) is 13.5. The molecular formula is C29H32F2N2O7. The second kappa shape index (κ2) is 9.33. The first kappa shape index (κ1) is 28.1. The second-order valence-corrected chi connectivity index (χ2v) is 11.9. The highest BCUT2D eigenvalue weighted by Gasteiger charge is 2.78. The van der Waals surface area contributed by atoms with Gasteiger partial charge < -0.3 is 19.1 Å². The molecule has 0 aliphatic heterocycles. The average Bonchev–Trinajstić information content (AvgIpc) is 3.48. The normalized spacial score (nSPS) is 41.7. The molecule has 0 spiro atoms. The summed E-state index contributed by atoms with van der Waals surface area (Å²) in [5.41, 5.74) is -7.62. The number of ketones is 1. The molecule has 0 radical (unpaired) electrons. The minimum Gasteiger partial charge on any atom is -0.447 e. The smallest absolute Gasteiger partial charge is 0.361 e. The summed E-state index contributed by atoms with van der Waals surface area (Å²) < 4.78 is 49.5. The molecule has 1 N–H and O–H groups in total. The molecule has 9 atom stereocenters. The van der Waals surface area contributed by atoms with Crippen molar-refractivity contribution < 1.29 is 42.3 Å². The van der Waals surface area contributed by atoms with Crippen LogP contribution in [0.25, 0.3) is 0 Å². The van der Waals surface area contributed by atoms with Crippen molar-refractivity contribution in [3.63, 3.8) is 0 Å². The van der Waals surface area contributed by atoms with Crippen molar-refractivity contribution in [3.8, 4) is 6.07 Å². The minimum atomic E-state index is -2.37. The summed E-state index contributed by atoms with van der Waals surface area (Å²) in [4.78, 5) is 39.2. The zero-order chi connectivity index (χ0) is 29.3. The van der Waals surface area contributed by atoms with Crippen LogP contribution in [0.3, 0.4) is 0 Å². The van der Waals surface area contributed by atoms with Crippen molar-refractivity contribution in [1.29, 1.82) is 5.26 Å². The quantitative estimate of drug-likeness (QED) is 0.535. The summed E-state index contributed by atoms with van der Waals surface area (Å²) in [5, 5.41) is 24.4. The van der Waals surface area contributed by atoms with E-state index in [4.69, 9.17) is 19.3 Å². The van der Waals surface area contributed by atoms with E-state index in [-0.39, 0.29) is 30.5 Å². The van der Waals surface area contributed by atoms with Gasteiger partial charge in [0.25, 0.3) is 0 Å². The van der Waals surface area contributed by atoms with E-state index in [0.29, 0.717) is 12.2 Å². The number of alkyl halides is 2. The van der Waals surface area contributed by atoms with Crippen LogP contribution < -0.4 is 0 Å². The van der Waals surface area contributed by atoms with Crippen molar-refractivity contribution in [3.05, 3.63) is 41.3 Å². The molecule has 40 heavy (non-hydrogen) atoms. The maximum atomic E-state index is 17.5. The fourth-order valence-electron chi connectivity index (χ4n) is 8.20. The third-order valence-corrected chi connectivity index (χ3v) is 10.1. The van der Waals surface area contributed by atoms with Gasteiger partial charge in [-0.15, -0.1) is 0 Å². The van der Waals surface area contributed by atoms with Gasteiger partial charge in [-0.1, -0.05) is 32.0 Å². The standard InChI is InChI=1S/C29H32F2N2O7/c1-5-17-12-22(33-40-17)24(36)39-29(25(37)38-9-8-32)15(2)10-18-19-13-21(30)20-11-16(34)6-7-26(20,3)28(19,31)23(35)14-27(18,29)4/h6-7,11-12,15,18-19,21,23,35H,5,9-10,13-14H2,1-4H3/t15-,18+,19+,21+,23+,26+,27+,28+,29+/m1/s1. The molecule has 3 saturated carbocycles. The third kappa shape index (κ3) is 3.51. The lowest BCUT2D eigenvalue weighted by atomic mass is 9.44. The van der Waals surface area contributed by atoms with Gasteiger partial charge in [-0.25, -0.2) is 18.4 Å². The van der Waals surface area contributed by atoms with Gasteiger partial charge in [0.15, 0.2) is 23.8 Å². The maximum Gasteiger partial charge on any atom is 0.361 e. The monoisotopic (exact) mass is 558 g/mol. The highest BCUT2D eigenvalue weighted by Crippen LogP contribution is 2.71. The Morgan fingerprint density at radius 2 is 2.02 bits per heavy atom. The molecule has 4 aliphatic rings. The Bertz CT molecular complexity index is 1370. The van der Waals surface area contributed by atoms with Crippen LogP contribution in [0.2, 0.25) is 0 Å². The molecule has 0 aromatic carbocycles. The average molecular weight is 559 g/mol. The number of aryl methyl sites for hydroxylation is 1. The highest BCUT2D eigenvalue weighted by molar-refractivity contribution is 6.01. The molecule has 0 amide bonds. The zero-order valence-corrected chi connectivity index (χ0v) is 22.8. The lowest BCUT2D eigenvalue weighted by molar-refractivity contribution is -0.230. The van der Waals surface area contributed by atoms with Crippen molar-refractivity contribution in [1.82, 2.24) is 5.16 Å². The molecule has 9 nitrogen and oxygen atoms in total. The number of esters is 2. The number of nitriles is 1. The van der Waals surface area contributed by atoms with E-state index in [1.807, 2.05) is 0 Å². The van der Waals surface area contributed by atoms with Crippen LogP contribution in [0, 0.1) is 39.9 Å². The van der Waals surface area contributed by atoms with Gasteiger partial charge in [0, 0.05) is 35.2 Å². The SMILES string of the molecule is CCc1cc(C(=O)O[C@]2(C(=O)OCC#N)[C@H](C)C[C@H]3[C@@H]4C[C@H](F)C5=CC(=O)C=C[C@]5(C)[C@@]4(F)[C@@H](O)C[C@@]32C)no1. The predicted octanol–water partition coefficient (Wildman–Crippen LogP) is 3.76. The number of fused-ring (bicyclic) bond motifs is 5.